The summed E-state index contributed by atoms with van der Waals surface area (Å²) in [6.07, 6.45) is 0.674. The number of nitrogens with zero attached hydrogens (tertiary/aromatic N) is 1. The van der Waals surface area contributed by atoms with Crippen LogP contribution in [0.1, 0.15) is 28.7 Å². The zero-order valence-electron chi connectivity index (χ0n) is 14.3. The van der Waals surface area contributed by atoms with Gasteiger partial charge in [-0.25, -0.2) is 0 Å². The minimum absolute atomic E-state index is 0.0208. The molecule has 5 heteroatoms. The summed E-state index contributed by atoms with van der Waals surface area (Å²) in [6, 6.07) is 16.3. The number of carbonyl (C=O) groups excluding carboxylic acids is 1. The third-order valence-electron chi connectivity index (χ3n) is 3.98. The molecule has 1 amide bonds. The van der Waals surface area contributed by atoms with Gasteiger partial charge in [-0.05, 0) is 55.3 Å². The van der Waals surface area contributed by atoms with E-state index in [1.807, 2.05) is 50.2 Å². The van der Waals surface area contributed by atoms with Crippen LogP contribution in [0.4, 0.5) is 0 Å². The van der Waals surface area contributed by atoms with Crippen molar-refractivity contribution in [2.24, 2.45) is 0 Å². The number of hydrogen-bond acceptors (Lipinski definition) is 3. The topological polar surface area (TPSA) is 78.0 Å². The number of aromatic nitrogens is 2. The van der Waals surface area contributed by atoms with Gasteiger partial charge >= 0.3 is 0 Å². The van der Waals surface area contributed by atoms with E-state index in [2.05, 4.69) is 15.5 Å². The molecule has 25 heavy (non-hydrogen) atoms. The quantitative estimate of drug-likeness (QED) is 0.668. The standard InChI is InChI=1S/C20H21N3O2/c1-13(10-18-11-14(2)22-23-18)21-20(25)17-5-3-4-16(12-17)15-6-8-19(24)9-7-15/h3-9,11-13,24H,10H2,1-2H3,(H,21,25)(H,22,23). The largest absolute Gasteiger partial charge is 0.508 e. The fourth-order valence-corrected chi connectivity index (χ4v) is 2.74. The van der Waals surface area contributed by atoms with Crippen molar-refractivity contribution in [2.75, 3.05) is 0 Å². The van der Waals surface area contributed by atoms with Gasteiger partial charge in [0.1, 0.15) is 5.75 Å². The van der Waals surface area contributed by atoms with Crippen LogP contribution in [0.15, 0.2) is 54.6 Å². The molecule has 128 valence electrons. The van der Waals surface area contributed by atoms with Crippen molar-refractivity contribution in [3.63, 3.8) is 0 Å². The van der Waals surface area contributed by atoms with Crippen LogP contribution in [-0.4, -0.2) is 27.3 Å². The fraction of sp³-hybridized carbons (Fsp3) is 0.200. The Bertz CT molecular complexity index is 869. The average molecular weight is 335 g/mol. The lowest BCUT2D eigenvalue weighted by molar-refractivity contribution is 0.0940. The Kier molecular flexibility index (Phi) is 4.84. The molecule has 0 aliphatic heterocycles. The molecule has 3 aromatic rings. The van der Waals surface area contributed by atoms with Crippen LogP contribution in [0.25, 0.3) is 11.1 Å². The molecule has 1 unspecified atom stereocenters. The van der Waals surface area contributed by atoms with E-state index in [4.69, 9.17) is 0 Å². The number of benzene rings is 2. The van der Waals surface area contributed by atoms with E-state index in [1.165, 1.54) is 0 Å². The highest BCUT2D eigenvalue weighted by Gasteiger charge is 2.12. The summed E-state index contributed by atoms with van der Waals surface area (Å²) in [6.45, 7) is 3.92. The Labute approximate surface area is 146 Å². The molecule has 0 aliphatic carbocycles. The summed E-state index contributed by atoms with van der Waals surface area (Å²) >= 11 is 0. The lowest BCUT2D eigenvalue weighted by Gasteiger charge is -2.13. The summed E-state index contributed by atoms with van der Waals surface area (Å²) in [5.74, 6) is 0.112. The molecule has 1 atom stereocenters. The maximum absolute atomic E-state index is 12.5. The van der Waals surface area contributed by atoms with Crippen LogP contribution in [0.5, 0.6) is 5.75 Å². The lowest BCUT2D eigenvalue weighted by atomic mass is 10.0. The first kappa shape index (κ1) is 16.8. The number of H-pyrrole nitrogens is 1. The molecular formula is C20H21N3O2. The predicted molar refractivity (Wildman–Crippen MR) is 97.5 cm³/mol. The second kappa shape index (κ2) is 7.21. The van der Waals surface area contributed by atoms with Gasteiger partial charge in [-0.15, -0.1) is 0 Å². The van der Waals surface area contributed by atoms with Gasteiger partial charge in [0, 0.05) is 23.7 Å². The van der Waals surface area contributed by atoms with Gasteiger partial charge in [0.2, 0.25) is 0 Å². The van der Waals surface area contributed by atoms with E-state index >= 15 is 0 Å². The van der Waals surface area contributed by atoms with Crippen molar-refractivity contribution < 1.29 is 9.90 Å². The van der Waals surface area contributed by atoms with E-state index in [9.17, 15) is 9.90 Å². The van der Waals surface area contributed by atoms with Crippen LogP contribution >= 0.6 is 0 Å². The number of nitrogens with one attached hydrogen (secondary N) is 2. The second-order valence-corrected chi connectivity index (χ2v) is 6.25. The molecule has 0 saturated heterocycles. The number of aromatic hydroxyl groups is 1. The number of carbonyl (C=O) groups is 1. The van der Waals surface area contributed by atoms with Gasteiger partial charge in [0.25, 0.3) is 5.91 Å². The highest BCUT2D eigenvalue weighted by atomic mass is 16.3. The predicted octanol–water partition coefficient (Wildman–Crippen LogP) is 3.45. The molecule has 1 heterocycles. The zero-order valence-corrected chi connectivity index (χ0v) is 14.3. The molecule has 0 radical (unpaired) electrons. The third kappa shape index (κ3) is 4.26. The maximum atomic E-state index is 12.5. The summed E-state index contributed by atoms with van der Waals surface area (Å²) in [5.41, 5.74) is 4.43. The summed E-state index contributed by atoms with van der Waals surface area (Å²) in [7, 11) is 0. The van der Waals surface area contributed by atoms with Crippen LogP contribution in [-0.2, 0) is 6.42 Å². The molecule has 0 aliphatic rings. The highest BCUT2D eigenvalue weighted by molar-refractivity contribution is 5.95. The van der Waals surface area contributed by atoms with Crippen molar-refractivity contribution in [3.8, 4) is 16.9 Å². The zero-order chi connectivity index (χ0) is 17.8. The van der Waals surface area contributed by atoms with Crippen molar-refractivity contribution in [1.29, 1.82) is 0 Å². The average Bonchev–Trinajstić information content (AvgIpc) is 3.00. The normalized spacial score (nSPS) is 11.9. The molecule has 0 saturated carbocycles. The Morgan fingerprint density at radius 2 is 1.92 bits per heavy atom. The van der Waals surface area contributed by atoms with E-state index in [0.717, 1.165) is 22.5 Å². The number of phenolic OH excluding ortho intramolecular Hbond substituents is 1. The number of phenols is 1. The van der Waals surface area contributed by atoms with Crippen molar-refractivity contribution in [3.05, 3.63) is 71.5 Å². The van der Waals surface area contributed by atoms with E-state index in [0.29, 0.717) is 12.0 Å². The minimum Gasteiger partial charge on any atom is -0.508 e. The number of aryl methyl sites for hydroxylation is 1. The molecule has 3 rings (SSSR count). The fourth-order valence-electron chi connectivity index (χ4n) is 2.74. The number of hydrogen-bond donors (Lipinski definition) is 3. The highest BCUT2D eigenvalue weighted by Crippen LogP contribution is 2.22. The first-order valence-electron chi connectivity index (χ1n) is 8.22. The van der Waals surface area contributed by atoms with Crippen molar-refractivity contribution in [2.45, 2.75) is 26.3 Å². The third-order valence-corrected chi connectivity index (χ3v) is 3.98. The monoisotopic (exact) mass is 335 g/mol. The molecule has 2 aromatic carbocycles. The Morgan fingerprint density at radius 1 is 1.16 bits per heavy atom. The molecule has 1 aromatic heterocycles. The van der Waals surface area contributed by atoms with Gasteiger partial charge < -0.3 is 10.4 Å². The maximum Gasteiger partial charge on any atom is 0.251 e. The number of aromatic amines is 1. The second-order valence-electron chi connectivity index (χ2n) is 6.25. The van der Waals surface area contributed by atoms with Gasteiger partial charge in [-0.1, -0.05) is 24.3 Å². The van der Waals surface area contributed by atoms with Crippen LogP contribution in [0, 0.1) is 6.92 Å². The molecule has 5 nitrogen and oxygen atoms in total. The number of rotatable bonds is 5. The first-order valence-corrected chi connectivity index (χ1v) is 8.22. The van der Waals surface area contributed by atoms with Crippen LogP contribution in [0.2, 0.25) is 0 Å². The van der Waals surface area contributed by atoms with E-state index in [-0.39, 0.29) is 17.7 Å². The summed E-state index contributed by atoms with van der Waals surface area (Å²) < 4.78 is 0. The van der Waals surface area contributed by atoms with E-state index in [1.54, 1.807) is 18.2 Å². The molecular weight excluding hydrogens is 314 g/mol. The van der Waals surface area contributed by atoms with Gasteiger partial charge in [-0.3, -0.25) is 9.89 Å². The first-order chi connectivity index (χ1) is 12.0. The Balaban J connectivity index is 1.69. The van der Waals surface area contributed by atoms with Gasteiger partial charge in [-0.2, -0.15) is 5.10 Å². The summed E-state index contributed by atoms with van der Waals surface area (Å²) in [5, 5.41) is 19.5. The number of amides is 1. The lowest BCUT2D eigenvalue weighted by Crippen LogP contribution is -2.34. The molecule has 0 spiro atoms. The van der Waals surface area contributed by atoms with Crippen LogP contribution in [0.3, 0.4) is 0 Å². The van der Waals surface area contributed by atoms with E-state index < -0.39 is 0 Å². The molecule has 0 fully saturated rings. The van der Waals surface area contributed by atoms with Crippen molar-refractivity contribution in [1.82, 2.24) is 15.5 Å². The van der Waals surface area contributed by atoms with Crippen LogP contribution < -0.4 is 5.32 Å². The van der Waals surface area contributed by atoms with Gasteiger partial charge in [0.15, 0.2) is 0 Å². The molecule has 0 bridgehead atoms. The van der Waals surface area contributed by atoms with Crippen molar-refractivity contribution >= 4 is 5.91 Å². The smallest absolute Gasteiger partial charge is 0.251 e. The Hall–Kier alpha value is -3.08. The SMILES string of the molecule is Cc1cc(CC(C)NC(=O)c2cccc(-c3ccc(O)cc3)c2)n[nH]1. The molecule has 3 N–H and O–H groups in total. The summed E-state index contributed by atoms with van der Waals surface area (Å²) in [4.78, 5) is 12.5. The minimum atomic E-state index is -0.111. The van der Waals surface area contributed by atoms with Gasteiger partial charge in [0.05, 0.1) is 5.69 Å². The Morgan fingerprint density at radius 3 is 2.60 bits per heavy atom.